The summed E-state index contributed by atoms with van der Waals surface area (Å²) in [5.74, 6) is -0.0907. The van der Waals surface area contributed by atoms with Gasteiger partial charge in [-0.2, -0.15) is 0 Å². The molecule has 2 heterocycles. The van der Waals surface area contributed by atoms with Crippen LogP contribution in [0.25, 0.3) is 27.7 Å². The Balaban J connectivity index is 1.61. The van der Waals surface area contributed by atoms with E-state index < -0.39 is 10.0 Å². The number of nitrogens with zero attached hydrogens (tertiary/aromatic N) is 3. The van der Waals surface area contributed by atoms with E-state index in [0.29, 0.717) is 33.4 Å². The molecule has 36 heavy (non-hydrogen) atoms. The van der Waals surface area contributed by atoms with Crippen molar-refractivity contribution in [2.45, 2.75) is 4.90 Å². The van der Waals surface area contributed by atoms with Crippen LogP contribution in [0.1, 0.15) is 0 Å². The highest BCUT2D eigenvalue weighted by atomic mass is 79.9. The Morgan fingerprint density at radius 1 is 0.889 bits per heavy atom. The first-order valence-electron chi connectivity index (χ1n) is 10.6. The zero-order valence-electron chi connectivity index (χ0n) is 18.6. The molecule has 0 saturated carbocycles. The highest BCUT2D eigenvalue weighted by Crippen LogP contribution is 2.28. The van der Waals surface area contributed by atoms with Crippen LogP contribution >= 0.6 is 15.9 Å². The van der Waals surface area contributed by atoms with Gasteiger partial charge in [-0.15, -0.1) is 0 Å². The third-order valence-electron chi connectivity index (χ3n) is 5.51. The van der Waals surface area contributed by atoms with Gasteiger partial charge in [0.25, 0.3) is 15.6 Å². The lowest BCUT2D eigenvalue weighted by atomic mass is 10.1. The van der Waals surface area contributed by atoms with Gasteiger partial charge in [-0.1, -0.05) is 40.2 Å². The number of benzene rings is 3. The highest BCUT2D eigenvalue weighted by Gasteiger charge is 2.20. The summed E-state index contributed by atoms with van der Waals surface area (Å²) in [6, 6.07) is 22.0. The molecule has 0 aliphatic heterocycles. The number of halogens is 1. The maximum absolute atomic E-state index is 13.4. The lowest BCUT2D eigenvalue weighted by Crippen LogP contribution is -2.23. The fourth-order valence-electron chi connectivity index (χ4n) is 3.77. The van der Waals surface area contributed by atoms with E-state index >= 15 is 0 Å². The van der Waals surface area contributed by atoms with E-state index in [0.717, 1.165) is 4.47 Å². The van der Waals surface area contributed by atoms with Gasteiger partial charge in [0.2, 0.25) is 5.95 Å². The number of hydrogen-bond donors (Lipinski definition) is 3. The summed E-state index contributed by atoms with van der Waals surface area (Å²) < 4.78 is 30.7. The molecule has 0 fully saturated rings. The number of nitrogens with one attached hydrogen (secondary N) is 1. The normalized spacial score (nSPS) is 11.5. The Morgan fingerprint density at radius 3 is 2.33 bits per heavy atom. The third kappa shape index (κ3) is 4.41. The predicted octanol–water partition coefficient (Wildman–Crippen LogP) is 4.18. The highest BCUT2D eigenvalue weighted by molar-refractivity contribution is 9.10. The van der Waals surface area contributed by atoms with Crippen molar-refractivity contribution < 1.29 is 8.42 Å². The summed E-state index contributed by atoms with van der Waals surface area (Å²) in [6.07, 6.45) is 1.45. The van der Waals surface area contributed by atoms with E-state index in [4.69, 9.17) is 11.5 Å². The zero-order chi connectivity index (χ0) is 25.4. The second kappa shape index (κ2) is 9.10. The van der Waals surface area contributed by atoms with Crippen LogP contribution in [0.3, 0.4) is 0 Å². The molecule has 9 nitrogen and oxygen atoms in total. The molecule has 0 radical (unpaired) electrons. The molecule has 2 aromatic heterocycles. The number of rotatable bonds is 5. The van der Waals surface area contributed by atoms with Crippen LogP contribution in [0, 0.1) is 0 Å². The second-order valence-corrected chi connectivity index (χ2v) is 10.5. The van der Waals surface area contributed by atoms with Crippen LogP contribution in [0.2, 0.25) is 0 Å². The van der Waals surface area contributed by atoms with Crippen LogP contribution in [0.5, 0.6) is 0 Å². The lowest BCUT2D eigenvalue weighted by molar-refractivity contribution is 0.601. The van der Waals surface area contributed by atoms with Crippen molar-refractivity contribution in [2.75, 3.05) is 16.2 Å². The average Bonchev–Trinajstić information content (AvgIpc) is 2.85. The van der Waals surface area contributed by atoms with Crippen LogP contribution in [-0.2, 0) is 10.0 Å². The summed E-state index contributed by atoms with van der Waals surface area (Å²) in [5, 5.41) is 0.313. The summed E-state index contributed by atoms with van der Waals surface area (Å²) in [7, 11) is -4.01. The SMILES string of the molecule is Nc1ncc(-c2ccc3nc(N)n(-c4ccc(Br)cc4)c(=O)c3c2)cc1S(=O)(=O)Nc1ccccc1. The monoisotopic (exact) mass is 562 g/mol. The van der Waals surface area contributed by atoms with E-state index in [2.05, 4.69) is 30.6 Å². The minimum absolute atomic E-state index is 0.0529. The van der Waals surface area contributed by atoms with Crippen LogP contribution in [0.4, 0.5) is 17.5 Å². The molecule has 0 bridgehead atoms. The molecule has 0 aliphatic rings. The lowest BCUT2D eigenvalue weighted by Gasteiger charge is -2.13. The average molecular weight is 563 g/mol. The standard InChI is InChI=1S/C25H19BrN6O3S/c26-17-7-9-19(10-8-17)32-24(33)20-12-15(6-11-21(20)30-25(32)28)16-13-22(23(27)29-14-16)36(34,35)31-18-4-2-1-3-5-18/h1-14,31H,(H2,27,29)(H2,28,30). The van der Waals surface area contributed by atoms with Crippen molar-refractivity contribution >= 4 is 54.3 Å². The molecule has 0 saturated heterocycles. The molecule has 0 amide bonds. The third-order valence-corrected chi connectivity index (χ3v) is 7.45. The molecule has 5 rings (SSSR count). The van der Waals surface area contributed by atoms with Gasteiger partial charge < -0.3 is 11.5 Å². The van der Waals surface area contributed by atoms with Crippen molar-refractivity contribution in [3.63, 3.8) is 0 Å². The number of hydrogen-bond acceptors (Lipinski definition) is 7. The van der Waals surface area contributed by atoms with Crippen molar-refractivity contribution in [3.8, 4) is 16.8 Å². The summed E-state index contributed by atoms with van der Waals surface area (Å²) >= 11 is 3.38. The van der Waals surface area contributed by atoms with E-state index in [1.54, 1.807) is 72.8 Å². The quantitative estimate of drug-likeness (QED) is 0.291. The van der Waals surface area contributed by atoms with Crippen molar-refractivity contribution in [1.82, 2.24) is 14.5 Å². The Hall–Kier alpha value is -4.22. The number of para-hydroxylation sites is 1. The predicted molar refractivity (Wildman–Crippen MR) is 144 cm³/mol. The molecular weight excluding hydrogens is 544 g/mol. The van der Waals surface area contributed by atoms with Gasteiger partial charge in [-0.25, -0.2) is 23.0 Å². The van der Waals surface area contributed by atoms with Crippen LogP contribution in [-0.4, -0.2) is 23.0 Å². The van der Waals surface area contributed by atoms with Gasteiger partial charge in [-0.05, 0) is 60.2 Å². The van der Waals surface area contributed by atoms with Gasteiger partial charge in [0.05, 0.1) is 16.6 Å². The maximum atomic E-state index is 13.4. The second-order valence-electron chi connectivity index (χ2n) is 7.90. The molecule has 0 aliphatic carbocycles. The molecule has 180 valence electrons. The van der Waals surface area contributed by atoms with Crippen LogP contribution < -0.4 is 21.7 Å². The fraction of sp³-hybridized carbons (Fsp3) is 0. The summed E-state index contributed by atoms with van der Waals surface area (Å²) in [4.78, 5) is 21.7. The number of fused-ring (bicyclic) bond motifs is 1. The van der Waals surface area contributed by atoms with E-state index in [9.17, 15) is 13.2 Å². The molecular formula is C25H19BrN6O3S. The van der Waals surface area contributed by atoms with Gasteiger partial charge >= 0.3 is 0 Å². The minimum atomic E-state index is -4.01. The van der Waals surface area contributed by atoms with Crippen molar-refractivity contribution in [2.24, 2.45) is 0 Å². The first kappa shape index (κ1) is 23.5. The van der Waals surface area contributed by atoms with Gasteiger partial charge in [-0.3, -0.25) is 9.52 Å². The Morgan fingerprint density at radius 2 is 1.61 bits per heavy atom. The fourth-order valence-corrected chi connectivity index (χ4v) is 5.20. The molecule has 5 N–H and O–H groups in total. The molecule has 0 unspecified atom stereocenters. The van der Waals surface area contributed by atoms with Gasteiger partial charge in [0.15, 0.2) is 0 Å². The molecule has 5 aromatic rings. The van der Waals surface area contributed by atoms with Crippen LogP contribution in [0.15, 0.2) is 99.2 Å². The number of nitrogens with two attached hydrogens (primary N) is 2. The van der Waals surface area contributed by atoms with Crippen molar-refractivity contribution in [3.05, 3.63) is 99.9 Å². The number of aromatic nitrogens is 3. The first-order chi connectivity index (χ1) is 17.2. The topological polar surface area (TPSA) is 146 Å². The Kier molecular flexibility index (Phi) is 5.94. The molecule has 0 atom stereocenters. The summed E-state index contributed by atoms with van der Waals surface area (Å²) in [6.45, 7) is 0. The van der Waals surface area contributed by atoms with E-state index in [-0.39, 0.29) is 22.2 Å². The zero-order valence-corrected chi connectivity index (χ0v) is 21.0. The van der Waals surface area contributed by atoms with E-state index in [1.165, 1.54) is 16.8 Å². The number of pyridine rings is 1. The Labute approximate surface area is 214 Å². The first-order valence-corrected chi connectivity index (χ1v) is 12.9. The van der Waals surface area contributed by atoms with E-state index in [1.807, 2.05) is 0 Å². The van der Waals surface area contributed by atoms with Gasteiger partial charge in [0, 0.05) is 21.9 Å². The minimum Gasteiger partial charge on any atom is -0.383 e. The largest absolute Gasteiger partial charge is 0.383 e. The smallest absolute Gasteiger partial charge is 0.267 e. The number of anilines is 3. The summed E-state index contributed by atoms with van der Waals surface area (Å²) in [5.41, 5.74) is 14.1. The Bertz CT molecular complexity index is 1770. The number of sulfonamides is 1. The number of nitrogen functional groups attached to an aromatic ring is 2. The van der Waals surface area contributed by atoms with Gasteiger partial charge in [0.1, 0.15) is 10.7 Å². The molecule has 3 aromatic carbocycles. The maximum Gasteiger partial charge on any atom is 0.267 e. The molecule has 11 heteroatoms. The molecule has 0 spiro atoms. The van der Waals surface area contributed by atoms with Crippen molar-refractivity contribution in [1.29, 1.82) is 0 Å².